The first-order valence-electron chi connectivity index (χ1n) is 9.55. The molecule has 0 radical (unpaired) electrons. The van der Waals surface area contributed by atoms with Crippen LogP contribution in [0.15, 0.2) is 33.5 Å². The number of carbonyl (C=O) groups excluding carboxylic acids is 1. The lowest BCUT2D eigenvalue weighted by atomic mass is 10.1. The molecule has 1 fully saturated rings. The molecule has 0 N–H and O–H groups in total. The Bertz CT molecular complexity index is 1150. The summed E-state index contributed by atoms with van der Waals surface area (Å²) in [5, 5.41) is 0.841. The van der Waals surface area contributed by atoms with Gasteiger partial charge in [-0.15, -0.1) is 11.3 Å². The molecule has 5 heterocycles. The van der Waals surface area contributed by atoms with Crippen molar-refractivity contribution in [2.75, 3.05) is 29.4 Å². The summed E-state index contributed by atoms with van der Waals surface area (Å²) in [5.41, 5.74) is 2.63. The van der Waals surface area contributed by atoms with Crippen LogP contribution >= 0.6 is 65.8 Å². The maximum absolute atomic E-state index is 13.2. The standard InChI is InChI=1S/C20H16Br2IN5OS/c21-11-7-12(10-24-9-11)28-6-3-15-16(20(28)29)30-19(25-15)13-8-14(22)18(26-17(13)23)27-4-1-2-5-27/h7-10H,1-6H2. The van der Waals surface area contributed by atoms with Crippen LogP contribution in [0.2, 0.25) is 0 Å². The second kappa shape index (κ2) is 8.44. The zero-order valence-electron chi connectivity index (χ0n) is 15.7. The molecule has 0 bridgehead atoms. The lowest BCUT2D eigenvalue weighted by Gasteiger charge is -2.25. The molecule has 0 unspecified atom stereocenters. The first-order chi connectivity index (χ1) is 14.5. The minimum Gasteiger partial charge on any atom is -0.356 e. The number of pyridine rings is 2. The molecule has 1 saturated heterocycles. The number of anilines is 2. The zero-order chi connectivity index (χ0) is 20.8. The SMILES string of the molecule is O=C1c2sc(-c3cc(Br)c(N4CCCC4)nc3I)nc2CCN1c1cncc(Br)c1. The lowest BCUT2D eigenvalue weighted by molar-refractivity contribution is 0.0984. The number of thiazole rings is 1. The van der Waals surface area contributed by atoms with Crippen LogP contribution in [-0.4, -0.2) is 40.5 Å². The van der Waals surface area contributed by atoms with Crippen molar-refractivity contribution in [1.29, 1.82) is 0 Å². The van der Waals surface area contributed by atoms with Crippen LogP contribution < -0.4 is 9.80 Å². The molecule has 5 rings (SSSR count). The van der Waals surface area contributed by atoms with Gasteiger partial charge < -0.3 is 9.80 Å². The van der Waals surface area contributed by atoms with Crippen molar-refractivity contribution in [3.8, 4) is 10.6 Å². The van der Waals surface area contributed by atoms with Gasteiger partial charge in [0, 0.05) is 42.3 Å². The van der Waals surface area contributed by atoms with E-state index < -0.39 is 0 Å². The normalized spacial score (nSPS) is 16.3. The number of rotatable bonds is 3. The van der Waals surface area contributed by atoms with Gasteiger partial charge in [0.15, 0.2) is 0 Å². The van der Waals surface area contributed by atoms with Gasteiger partial charge in [-0.2, -0.15) is 0 Å². The maximum Gasteiger partial charge on any atom is 0.270 e. The van der Waals surface area contributed by atoms with Crippen molar-refractivity contribution in [3.63, 3.8) is 0 Å². The summed E-state index contributed by atoms with van der Waals surface area (Å²) >= 11 is 10.9. The summed E-state index contributed by atoms with van der Waals surface area (Å²) in [7, 11) is 0. The Morgan fingerprint density at radius 1 is 1.07 bits per heavy atom. The van der Waals surface area contributed by atoms with Gasteiger partial charge in [-0.25, -0.2) is 9.97 Å². The van der Waals surface area contributed by atoms with Crippen molar-refractivity contribution >= 4 is 83.2 Å². The first-order valence-corrected chi connectivity index (χ1v) is 13.0. The van der Waals surface area contributed by atoms with Gasteiger partial charge in [0.25, 0.3) is 5.91 Å². The molecule has 154 valence electrons. The quantitative estimate of drug-likeness (QED) is 0.273. The molecule has 30 heavy (non-hydrogen) atoms. The molecule has 0 aromatic carbocycles. The van der Waals surface area contributed by atoms with E-state index >= 15 is 0 Å². The highest BCUT2D eigenvalue weighted by atomic mass is 127. The van der Waals surface area contributed by atoms with Crippen LogP contribution in [0.25, 0.3) is 10.6 Å². The van der Waals surface area contributed by atoms with E-state index in [4.69, 9.17) is 9.97 Å². The molecule has 2 aliphatic rings. The fourth-order valence-electron chi connectivity index (χ4n) is 3.80. The number of amides is 1. The molecule has 0 aliphatic carbocycles. The molecule has 1 amide bonds. The van der Waals surface area contributed by atoms with Crippen LogP contribution in [0.4, 0.5) is 11.5 Å². The monoisotopic (exact) mass is 659 g/mol. The highest BCUT2D eigenvalue weighted by molar-refractivity contribution is 14.1. The van der Waals surface area contributed by atoms with Gasteiger partial charge in [-0.1, -0.05) is 0 Å². The Balaban J connectivity index is 1.48. The van der Waals surface area contributed by atoms with E-state index in [9.17, 15) is 4.79 Å². The van der Waals surface area contributed by atoms with Gasteiger partial charge in [0.2, 0.25) is 0 Å². The smallest absolute Gasteiger partial charge is 0.270 e. The predicted molar refractivity (Wildman–Crippen MR) is 135 cm³/mol. The highest BCUT2D eigenvalue weighted by Gasteiger charge is 2.30. The fourth-order valence-corrected chi connectivity index (χ4v) is 6.62. The first kappa shape index (κ1) is 20.8. The van der Waals surface area contributed by atoms with Gasteiger partial charge in [-0.05, 0) is 79.4 Å². The topological polar surface area (TPSA) is 62.2 Å². The van der Waals surface area contributed by atoms with Gasteiger partial charge in [-0.3, -0.25) is 9.78 Å². The summed E-state index contributed by atoms with van der Waals surface area (Å²) in [6.07, 6.45) is 6.57. The number of aromatic nitrogens is 3. The third-order valence-electron chi connectivity index (χ3n) is 5.26. The molecule has 3 aromatic rings. The number of carbonyl (C=O) groups is 1. The lowest BCUT2D eigenvalue weighted by Crippen LogP contribution is -2.37. The van der Waals surface area contributed by atoms with Crippen molar-refractivity contribution < 1.29 is 4.79 Å². The van der Waals surface area contributed by atoms with E-state index in [0.717, 1.165) is 59.9 Å². The van der Waals surface area contributed by atoms with Crippen LogP contribution in [0, 0.1) is 3.70 Å². The largest absolute Gasteiger partial charge is 0.356 e. The van der Waals surface area contributed by atoms with Crippen molar-refractivity contribution in [2.24, 2.45) is 0 Å². The van der Waals surface area contributed by atoms with Crippen molar-refractivity contribution in [3.05, 3.63) is 47.7 Å². The van der Waals surface area contributed by atoms with Crippen LogP contribution in [0.3, 0.4) is 0 Å². The zero-order valence-corrected chi connectivity index (χ0v) is 21.9. The molecule has 2 aliphatic heterocycles. The van der Waals surface area contributed by atoms with Crippen molar-refractivity contribution in [2.45, 2.75) is 19.3 Å². The minimum atomic E-state index is -0.0179. The molecule has 0 spiro atoms. The Morgan fingerprint density at radius 3 is 2.63 bits per heavy atom. The number of fused-ring (bicyclic) bond motifs is 1. The number of halogens is 3. The second-order valence-electron chi connectivity index (χ2n) is 7.19. The number of hydrogen-bond donors (Lipinski definition) is 0. The Morgan fingerprint density at radius 2 is 1.87 bits per heavy atom. The van der Waals surface area contributed by atoms with Gasteiger partial charge in [0.05, 0.1) is 22.1 Å². The van der Waals surface area contributed by atoms with Crippen LogP contribution in [0.1, 0.15) is 28.2 Å². The Labute approximate surface area is 208 Å². The van der Waals surface area contributed by atoms with E-state index in [-0.39, 0.29) is 5.91 Å². The summed E-state index contributed by atoms with van der Waals surface area (Å²) < 4.78 is 2.73. The minimum absolute atomic E-state index is 0.0179. The molecule has 3 aromatic heterocycles. The van der Waals surface area contributed by atoms with E-state index in [1.807, 2.05) is 6.07 Å². The summed E-state index contributed by atoms with van der Waals surface area (Å²) in [6.45, 7) is 2.68. The van der Waals surface area contributed by atoms with Gasteiger partial charge in [0.1, 0.15) is 19.4 Å². The molecule has 10 heteroatoms. The van der Waals surface area contributed by atoms with Crippen molar-refractivity contribution in [1.82, 2.24) is 15.0 Å². The van der Waals surface area contributed by atoms with Crippen LogP contribution in [0.5, 0.6) is 0 Å². The van der Waals surface area contributed by atoms with E-state index in [0.29, 0.717) is 11.4 Å². The summed E-state index contributed by atoms with van der Waals surface area (Å²) in [4.78, 5) is 31.8. The second-order valence-corrected chi connectivity index (χ2v) is 11.0. The molecular weight excluding hydrogens is 645 g/mol. The maximum atomic E-state index is 13.2. The van der Waals surface area contributed by atoms with E-state index in [1.54, 1.807) is 17.3 Å². The average molecular weight is 661 g/mol. The van der Waals surface area contributed by atoms with E-state index in [2.05, 4.69) is 70.4 Å². The highest BCUT2D eigenvalue weighted by Crippen LogP contribution is 2.38. The molecular formula is C20H16Br2IN5OS. The summed E-state index contributed by atoms with van der Waals surface area (Å²) in [6, 6.07) is 4.01. The Hall–Kier alpha value is -1.11. The third-order valence-corrected chi connectivity index (χ3v) is 8.22. The number of nitrogens with zero attached hydrogens (tertiary/aromatic N) is 5. The van der Waals surface area contributed by atoms with E-state index in [1.165, 1.54) is 24.2 Å². The Kier molecular flexibility index (Phi) is 5.84. The average Bonchev–Trinajstić information content (AvgIpc) is 3.40. The molecule has 0 atom stereocenters. The summed E-state index contributed by atoms with van der Waals surface area (Å²) in [5.74, 6) is 0.974. The molecule has 6 nitrogen and oxygen atoms in total. The number of hydrogen-bond acceptors (Lipinski definition) is 6. The van der Waals surface area contributed by atoms with Gasteiger partial charge >= 0.3 is 0 Å². The predicted octanol–water partition coefficient (Wildman–Crippen LogP) is 5.53. The fraction of sp³-hybridized carbons (Fsp3) is 0.300. The van der Waals surface area contributed by atoms with Crippen LogP contribution in [-0.2, 0) is 6.42 Å². The third kappa shape index (κ3) is 3.80. The molecule has 0 saturated carbocycles.